The molecule has 0 atom stereocenters. The first-order valence-electron chi connectivity index (χ1n) is 6.54. The zero-order valence-corrected chi connectivity index (χ0v) is 11.7. The molecule has 0 saturated heterocycles. The van der Waals surface area contributed by atoms with Crippen LogP contribution in [0.1, 0.15) is 0 Å². The van der Waals surface area contributed by atoms with Gasteiger partial charge in [0.15, 0.2) is 0 Å². The lowest BCUT2D eigenvalue weighted by atomic mass is 10.1. The molecule has 0 bridgehead atoms. The average molecular weight is 270 g/mol. The lowest BCUT2D eigenvalue weighted by Crippen LogP contribution is -2.18. The number of rotatable bonds is 4. The van der Waals surface area contributed by atoms with Gasteiger partial charge >= 0.3 is 0 Å². The molecule has 3 rings (SSSR count). The van der Waals surface area contributed by atoms with E-state index >= 15 is 0 Å². The quantitative estimate of drug-likeness (QED) is 0.706. The van der Waals surface area contributed by atoms with E-state index in [2.05, 4.69) is 34.3 Å². The number of nitrogen functional groups attached to an aromatic ring is 1. The fourth-order valence-electron chi connectivity index (χ4n) is 2.20. The summed E-state index contributed by atoms with van der Waals surface area (Å²) in [5.41, 5.74) is 9.64. The monoisotopic (exact) mass is 270 g/mol. The van der Waals surface area contributed by atoms with Crippen LogP contribution in [0.4, 0.5) is 5.69 Å². The van der Waals surface area contributed by atoms with Crippen LogP contribution in [0.25, 0.3) is 22.2 Å². The molecule has 0 fully saturated rings. The van der Waals surface area contributed by atoms with Crippen molar-refractivity contribution < 1.29 is 0 Å². The molecule has 0 saturated carbocycles. The first-order chi connectivity index (χ1) is 9.63. The summed E-state index contributed by atoms with van der Waals surface area (Å²) in [6.07, 6.45) is 3.75. The number of hydrogen-bond donors (Lipinski definition) is 2. The predicted octanol–water partition coefficient (Wildman–Crippen LogP) is 1.57. The summed E-state index contributed by atoms with van der Waals surface area (Å²) in [4.78, 5) is 2.14. The topological polar surface area (TPSA) is 75.8 Å². The molecule has 0 unspecified atom stereocenters. The van der Waals surface area contributed by atoms with Gasteiger partial charge < -0.3 is 10.6 Å². The lowest BCUT2D eigenvalue weighted by molar-refractivity contribution is 0.374. The Balaban J connectivity index is 1.98. The number of anilines is 1. The summed E-state index contributed by atoms with van der Waals surface area (Å²) >= 11 is 0. The van der Waals surface area contributed by atoms with Gasteiger partial charge in [-0.05, 0) is 32.3 Å². The third-order valence-electron chi connectivity index (χ3n) is 3.29. The molecule has 0 aliphatic heterocycles. The Labute approximate surface area is 117 Å². The summed E-state index contributed by atoms with van der Waals surface area (Å²) in [6.45, 7) is 1.82. The second-order valence-electron chi connectivity index (χ2n) is 5.16. The highest BCUT2D eigenvalue weighted by Crippen LogP contribution is 2.28. The molecule has 2 aromatic heterocycles. The van der Waals surface area contributed by atoms with Crippen molar-refractivity contribution in [3.05, 3.63) is 30.6 Å². The minimum absolute atomic E-state index is 0.730. The molecule has 20 heavy (non-hydrogen) atoms. The van der Waals surface area contributed by atoms with Gasteiger partial charge in [0, 0.05) is 35.6 Å². The molecule has 6 nitrogen and oxygen atoms in total. The molecule has 0 radical (unpaired) electrons. The van der Waals surface area contributed by atoms with Gasteiger partial charge in [0.2, 0.25) is 0 Å². The van der Waals surface area contributed by atoms with Crippen molar-refractivity contribution in [2.45, 2.75) is 6.54 Å². The molecule has 6 heteroatoms. The molecular formula is C14H18N6. The Morgan fingerprint density at radius 3 is 2.90 bits per heavy atom. The summed E-state index contributed by atoms with van der Waals surface area (Å²) in [7, 11) is 4.11. The van der Waals surface area contributed by atoms with Gasteiger partial charge in [-0.1, -0.05) is 0 Å². The average Bonchev–Trinajstić information content (AvgIpc) is 3.03. The van der Waals surface area contributed by atoms with Gasteiger partial charge in [-0.3, -0.25) is 9.78 Å². The molecule has 104 valence electrons. The van der Waals surface area contributed by atoms with Crippen molar-refractivity contribution in [1.82, 2.24) is 24.9 Å². The van der Waals surface area contributed by atoms with Crippen molar-refractivity contribution in [2.24, 2.45) is 0 Å². The van der Waals surface area contributed by atoms with Crippen molar-refractivity contribution in [3.63, 3.8) is 0 Å². The molecular weight excluding hydrogens is 252 g/mol. The molecule has 0 aliphatic carbocycles. The van der Waals surface area contributed by atoms with E-state index in [1.54, 1.807) is 6.20 Å². The highest BCUT2D eigenvalue weighted by molar-refractivity contribution is 5.90. The van der Waals surface area contributed by atoms with Crippen LogP contribution in [0.3, 0.4) is 0 Å². The SMILES string of the molecule is CN(C)CCn1cc2cc(N)c(-c3ccn[nH]3)cc2n1. The van der Waals surface area contributed by atoms with Gasteiger partial charge in [-0.2, -0.15) is 10.2 Å². The highest BCUT2D eigenvalue weighted by Gasteiger charge is 2.09. The maximum Gasteiger partial charge on any atom is 0.0931 e. The van der Waals surface area contributed by atoms with E-state index in [-0.39, 0.29) is 0 Å². The van der Waals surface area contributed by atoms with E-state index in [1.165, 1.54) is 0 Å². The summed E-state index contributed by atoms with van der Waals surface area (Å²) in [6, 6.07) is 5.87. The Morgan fingerprint density at radius 2 is 2.20 bits per heavy atom. The summed E-state index contributed by atoms with van der Waals surface area (Å²) < 4.78 is 1.96. The first-order valence-corrected chi connectivity index (χ1v) is 6.54. The van der Waals surface area contributed by atoms with Crippen LogP contribution in [0.5, 0.6) is 0 Å². The predicted molar refractivity (Wildman–Crippen MR) is 80.3 cm³/mol. The number of nitrogens with one attached hydrogen (secondary N) is 1. The van der Waals surface area contributed by atoms with Crippen molar-refractivity contribution >= 4 is 16.6 Å². The summed E-state index contributed by atoms with van der Waals surface area (Å²) in [5.74, 6) is 0. The van der Waals surface area contributed by atoms with Gasteiger partial charge in [-0.15, -0.1) is 0 Å². The van der Waals surface area contributed by atoms with E-state index < -0.39 is 0 Å². The Kier molecular flexibility index (Phi) is 3.15. The number of hydrogen-bond acceptors (Lipinski definition) is 4. The van der Waals surface area contributed by atoms with Crippen LogP contribution in [0.2, 0.25) is 0 Å². The normalized spacial score (nSPS) is 11.6. The third-order valence-corrected chi connectivity index (χ3v) is 3.29. The van der Waals surface area contributed by atoms with Crippen LogP contribution in [-0.2, 0) is 6.54 Å². The van der Waals surface area contributed by atoms with Gasteiger partial charge in [0.05, 0.1) is 17.8 Å². The second-order valence-corrected chi connectivity index (χ2v) is 5.16. The minimum Gasteiger partial charge on any atom is -0.398 e. The first kappa shape index (κ1) is 12.7. The van der Waals surface area contributed by atoms with E-state index in [0.29, 0.717) is 0 Å². The number of H-pyrrole nitrogens is 1. The summed E-state index contributed by atoms with van der Waals surface area (Å²) in [5, 5.41) is 12.6. The Bertz CT molecular complexity index is 711. The third kappa shape index (κ3) is 2.37. The maximum absolute atomic E-state index is 6.12. The molecule has 0 amide bonds. The number of aromatic amines is 1. The maximum atomic E-state index is 6.12. The Morgan fingerprint density at radius 1 is 1.35 bits per heavy atom. The zero-order chi connectivity index (χ0) is 14.1. The number of nitrogens with two attached hydrogens (primary N) is 1. The fraction of sp³-hybridized carbons (Fsp3) is 0.286. The van der Waals surface area contributed by atoms with E-state index in [9.17, 15) is 0 Å². The standard InChI is InChI=1S/C14H18N6/c1-19(2)5-6-20-9-10-7-12(15)11(8-14(10)18-20)13-3-4-16-17-13/h3-4,7-9H,5-6,15H2,1-2H3,(H,16,17). The molecule has 2 heterocycles. The van der Waals surface area contributed by atoms with E-state index in [1.807, 2.05) is 29.1 Å². The van der Waals surface area contributed by atoms with Crippen LogP contribution in [0, 0.1) is 0 Å². The van der Waals surface area contributed by atoms with Crippen LogP contribution >= 0.6 is 0 Å². The van der Waals surface area contributed by atoms with Gasteiger partial charge in [0.1, 0.15) is 0 Å². The highest BCUT2D eigenvalue weighted by atomic mass is 15.3. The number of aromatic nitrogens is 4. The van der Waals surface area contributed by atoms with Gasteiger partial charge in [-0.25, -0.2) is 0 Å². The second kappa shape index (κ2) is 4.97. The largest absolute Gasteiger partial charge is 0.398 e. The molecule has 0 aliphatic rings. The van der Waals surface area contributed by atoms with E-state index in [0.717, 1.165) is 40.9 Å². The number of likely N-dealkylation sites (N-methyl/N-ethyl adjacent to an activating group) is 1. The molecule has 3 N–H and O–H groups in total. The number of nitrogens with zero attached hydrogens (tertiary/aromatic N) is 4. The van der Waals surface area contributed by atoms with Crippen molar-refractivity contribution in [3.8, 4) is 11.3 Å². The van der Waals surface area contributed by atoms with E-state index in [4.69, 9.17) is 5.73 Å². The lowest BCUT2D eigenvalue weighted by Gasteiger charge is -2.08. The van der Waals surface area contributed by atoms with Gasteiger partial charge in [0.25, 0.3) is 0 Å². The molecule has 1 aromatic carbocycles. The van der Waals surface area contributed by atoms with Crippen molar-refractivity contribution in [1.29, 1.82) is 0 Å². The fourth-order valence-corrected chi connectivity index (χ4v) is 2.20. The Hall–Kier alpha value is -2.34. The number of fused-ring (bicyclic) bond motifs is 1. The smallest absolute Gasteiger partial charge is 0.0931 e. The molecule has 3 aromatic rings. The number of benzene rings is 1. The van der Waals surface area contributed by atoms with Crippen LogP contribution in [0.15, 0.2) is 30.6 Å². The van der Waals surface area contributed by atoms with Crippen molar-refractivity contribution in [2.75, 3.05) is 26.4 Å². The molecule has 0 spiro atoms. The minimum atomic E-state index is 0.730. The van der Waals surface area contributed by atoms with Crippen LogP contribution in [-0.4, -0.2) is 45.5 Å². The van der Waals surface area contributed by atoms with Crippen LogP contribution < -0.4 is 5.73 Å². The zero-order valence-electron chi connectivity index (χ0n) is 11.7.